The monoisotopic (exact) mass is 196 g/mol. The second-order valence-corrected chi connectivity index (χ2v) is 2.55. The third kappa shape index (κ3) is 2.54. The van der Waals surface area contributed by atoms with Gasteiger partial charge in [-0.15, -0.1) is 5.10 Å². The first-order valence-corrected chi connectivity index (χ1v) is 3.92. The van der Waals surface area contributed by atoms with Crippen molar-refractivity contribution in [1.82, 2.24) is 0 Å². The van der Waals surface area contributed by atoms with Gasteiger partial charge in [0.15, 0.2) is 0 Å². The SMILES string of the molecule is C=N/N=C(/Cl)N(N)c1ccccc1. The molecule has 0 fully saturated rings. The van der Waals surface area contributed by atoms with Crippen molar-refractivity contribution in [3.05, 3.63) is 30.3 Å². The number of hydrazine groups is 1. The van der Waals surface area contributed by atoms with E-state index in [0.717, 1.165) is 5.69 Å². The van der Waals surface area contributed by atoms with Crippen molar-refractivity contribution in [3.63, 3.8) is 0 Å². The number of para-hydroxylation sites is 1. The van der Waals surface area contributed by atoms with Crippen molar-refractivity contribution in [2.45, 2.75) is 0 Å². The molecule has 0 aliphatic rings. The van der Waals surface area contributed by atoms with E-state index in [-0.39, 0.29) is 5.29 Å². The highest BCUT2D eigenvalue weighted by atomic mass is 35.5. The van der Waals surface area contributed by atoms with Gasteiger partial charge in [0, 0.05) is 6.72 Å². The number of hydrogen-bond donors (Lipinski definition) is 1. The number of nitrogens with two attached hydrogens (primary N) is 1. The zero-order chi connectivity index (χ0) is 9.68. The molecule has 0 heterocycles. The van der Waals surface area contributed by atoms with Crippen LogP contribution in [0.15, 0.2) is 40.5 Å². The minimum atomic E-state index is 0.0706. The quantitative estimate of drug-likeness (QED) is 0.257. The van der Waals surface area contributed by atoms with Crippen LogP contribution >= 0.6 is 11.6 Å². The van der Waals surface area contributed by atoms with E-state index in [2.05, 4.69) is 16.9 Å². The summed E-state index contributed by atoms with van der Waals surface area (Å²) in [5.74, 6) is 5.61. The Kier molecular flexibility index (Phi) is 3.42. The number of halogens is 1. The number of hydrogen-bond acceptors (Lipinski definition) is 3. The lowest BCUT2D eigenvalue weighted by Gasteiger charge is -2.14. The molecule has 13 heavy (non-hydrogen) atoms. The summed E-state index contributed by atoms with van der Waals surface area (Å²) in [5.41, 5.74) is 0.736. The first kappa shape index (κ1) is 9.70. The Morgan fingerprint density at radius 2 is 2.00 bits per heavy atom. The molecule has 0 aliphatic heterocycles. The zero-order valence-corrected chi connectivity index (χ0v) is 7.65. The van der Waals surface area contributed by atoms with Gasteiger partial charge in [-0.05, 0) is 23.7 Å². The summed E-state index contributed by atoms with van der Waals surface area (Å²) in [6, 6.07) is 9.19. The first-order valence-electron chi connectivity index (χ1n) is 3.54. The fraction of sp³-hybridized carbons (Fsp3) is 0. The second kappa shape index (κ2) is 4.59. The lowest BCUT2D eigenvalue weighted by atomic mass is 10.3. The van der Waals surface area contributed by atoms with Gasteiger partial charge in [0.25, 0.3) is 0 Å². The molecule has 5 heteroatoms. The van der Waals surface area contributed by atoms with Crippen LogP contribution in [-0.2, 0) is 0 Å². The number of anilines is 1. The Bertz CT molecular complexity index is 309. The average Bonchev–Trinajstić information content (AvgIpc) is 2.18. The van der Waals surface area contributed by atoms with E-state index in [4.69, 9.17) is 17.4 Å². The Labute approximate surface area is 81.3 Å². The molecule has 1 rings (SSSR count). The maximum absolute atomic E-state index is 5.68. The van der Waals surface area contributed by atoms with Gasteiger partial charge in [0.2, 0.25) is 5.29 Å². The number of nitrogens with zero attached hydrogens (tertiary/aromatic N) is 3. The Balaban J connectivity index is 2.85. The topological polar surface area (TPSA) is 54.0 Å². The fourth-order valence-corrected chi connectivity index (χ4v) is 0.953. The highest BCUT2D eigenvalue weighted by Crippen LogP contribution is 2.11. The van der Waals surface area contributed by atoms with Gasteiger partial charge in [-0.3, -0.25) is 5.01 Å². The van der Waals surface area contributed by atoms with Crippen molar-refractivity contribution in [1.29, 1.82) is 0 Å². The van der Waals surface area contributed by atoms with Gasteiger partial charge < -0.3 is 0 Å². The summed E-state index contributed by atoms with van der Waals surface area (Å²) >= 11 is 5.68. The molecular weight excluding hydrogens is 188 g/mol. The second-order valence-electron chi connectivity index (χ2n) is 2.22. The molecule has 0 aliphatic carbocycles. The van der Waals surface area contributed by atoms with Crippen LogP contribution in [0.5, 0.6) is 0 Å². The molecule has 0 atom stereocenters. The molecule has 0 aromatic heterocycles. The molecule has 1 aromatic rings. The van der Waals surface area contributed by atoms with E-state index >= 15 is 0 Å². The average molecular weight is 197 g/mol. The summed E-state index contributed by atoms with van der Waals surface area (Å²) in [4.78, 5) is 0. The summed E-state index contributed by atoms with van der Waals surface area (Å²) in [7, 11) is 0. The van der Waals surface area contributed by atoms with E-state index in [9.17, 15) is 0 Å². The minimum absolute atomic E-state index is 0.0706. The number of rotatable bonds is 2. The van der Waals surface area contributed by atoms with E-state index in [1.165, 1.54) is 5.01 Å². The van der Waals surface area contributed by atoms with Crippen LogP contribution < -0.4 is 10.9 Å². The van der Waals surface area contributed by atoms with Crippen LogP contribution in [-0.4, -0.2) is 12.0 Å². The molecule has 0 spiro atoms. The van der Waals surface area contributed by atoms with E-state index in [0.29, 0.717) is 0 Å². The van der Waals surface area contributed by atoms with E-state index in [1.807, 2.05) is 18.2 Å². The maximum Gasteiger partial charge on any atom is 0.238 e. The lowest BCUT2D eigenvalue weighted by Crippen LogP contribution is -2.34. The predicted octanol–water partition coefficient (Wildman–Crippen LogP) is 1.58. The van der Waals surface area contributed by atoms with Gasteiger partial charge in [0.1, 0.15) is 0 Å². The Morgan fingerprint density at radius 1 is 1.38 bits per heavy atom. The van der Waals surface area contributed by atoms with Crippen molar-refractivity contribution in [2.24, 2.45) is 16.0 Å². The highest BCUT2D eigenvalue weighted by Gasteiger charge is 2.04. The highest BCUT2D eigenvalue weighted by molar-refractivity contribution is 6.67. The minimum Gasteiger partial charge on any atom is -0.251 e. The molecule has 4 nitrogen and oxygen atoms in total. The van der Waals surface area contributed by atoms with Crippen LogP contribution in [0.2, 0.25) is 0 Å². The third-order valence-corrected chi connectivity index (χ3v) is 1.64. The van der Waals surface area contributed by atoms with E-state index in [1.54, 1.807) is 12.1 Å². The molecule has 2 N–H and O–H groups in total. The zero-order valence-electron chi connectivity index (χ0n) is 6.89. The fourth-order valence-electron chi connectivity index (χ4n) is 0.802. The molecule has 0 unspecified atom stereocenters. The van der Waals surface area contributed by atoms with Crippen LogP contribution in [0.1, 0.15) is 0 Å². The van der Waals surface area contributed by atoms with Gasteiger partial charge in [-0.25, -0.2) is 5.84 Å². The van der Waals surface area contributed by atoms with E-state index < -0.39 is 0 Å². The van der Waals surface area contributed by atoms with Gasteiger partial charge in [0.05, 0.1) is 5.69 Å². The Hall–Kier alpha value is -1.39. The van der Waals surface area contributed by atoms with Crippen molar-refractivity contribution in [2.75, 3.05) is 5.01 Å². The van der Waals surface area contributed by atoms with Crippen LogP contribution in [0.4, 0.5) is 5.69 Å². The summed E-state index contributed by atoms with van der Waals surface area (Å²) in [6.07, 6.45) is 0. The first-order chi connectivity index (χ1) is 6.25. The molecule has 0 saturated carbocycles. The summed E-state index contributed by atoms with van der Waals surface area (Å²) in [6.45, 7) is 3.17. The van der Waals surface area contributed by atoms with Crippen LogP contribution in [0.3, 0.4) is 0 Å². The van der Waals surface area contributed by atoms with Crippen LogP contribution in [0, 0.1) is 0 Å². The normalized spacial score (nSPS) is 11.1. The van der Waals surface area contributed by atoms with Crippen molar-refractivity contribution in [3.8, 4) is 0 Å². The molecule has 0 saturated heterocycles. The lowest BCUT2D eigenvalue weighted by molar-refractivity contribution is 1.12. The maximum atomic E-state index is 5.68. The molecule has 1 aromatic carbocycles. The Morgan fingerprint density at radius 3 is 2.54 bits per heavy atom. The van der Waals surface area contributed by atoms with Gasteiger partial charge in [-0.2, -0.15) is 5.10 Å². The predicted molar refractivity (Wildman–Crippen MR) is 55.9 cm³/mol. The molecule has 0 bridgehead atoms. The van der Waals surface area contributed by atoms with Crippen molar-refractivity contribution < 1.29 is 0 Å². The largest absolute Gasteiger partial charge is 0.251 e. The number of amidine groups is 1. The smallest absolute Gasteiger partial charge is 0.238 e. The van der Waals surface area contributed by atoms with Crippen LogP contribution in [0.25, 0.3) is 0 Å². The van der Waals surface area contributed by atoms with Gasteiger partial charge in [-0.1, -0.05) is 18.2 Å². The summed E-state index contributed by atoms with van der Waals surface area (Å²) < 4.78 is 0. The molecular formula is C8H9ClN4. The van der Waals surface area contributed by atoms with Gasteiger partial charge >= 0.3 is 0 Å². The molecule has 68 valence electrons. The molecule has 0 amide bonds. The standard InChI is InChI=1S/C8H9ClN4/c1-11-12-8(9)13(10)7-5-3-2-4-6-7/h2-6H,1,10H2/b12-8-. The van der Waals surface area contributed by atoms with Crippen molar-refractivity contribution >= 4 is 29.3 Å². The molecule has 0 radical (unpaired) electrons. The third-order valence-electron chi connectivity index (χ3n) is 1.39. The number of benzene rings is 1. The summed E-state index contributed by atoms with van der Waals surface area (Å²) in [5, 5.41) is 8.05.